The molecule has 2 heterocycles. The zero-order valence-corrected chi connectivity index (χ0v) is 16.9. The van der Waals surface area contributed by atoms with Crippen LogP contribution in [0.5, 0.6) is 0 Å². The lowest BCUT2D eigenvalue weighted by molar-refractivity contribution is 0.0950. The van der Waals surface area contributed by atoms with Crippen molar-refractivity contribution in [1.82, 2.24) is 15.1 Å². The van der Waals surface area contributed by atoms with Gasteiger partial charge in [-0.3, -0.25) is 9.79 Å². The molecule has 28 heavy (non-hydrogen) atoms. The Kier molecular flexibility index (Phi) is 6.14. The van der Waals surface area contributed by atoms with Gasteiger partial charge in [-0.2, -0.15) is 5.10 Å². The van der Waals surface area contributed by atoms with Crippen LogP contribution in [0, 0.1) is 0 Å². The predicted molar refractivity (Wildman–Crippen MR) is 117 cm³/mol. The standard InChI is InChI=1S/C21H20N4OS2/c26-20(19-9-5-4-6-17(19)15-28-21-22-10-11-27-21)23-12-16-13-24-25(14-16)18-7-2-1-3-8-18/h1-9,13-14H,10-12,15H2,(H,23,26). The molecule has 0 radical (unpaired) electrons. The molecule has 1 aliphatic rings. The summed E-state index contributed by atoms with van der Waals surface area (Å²) in [5.41, 5.74) is 3.70. The highest BCUT2D eigenvalue weighted by atomic mass is 32.2. The third-order valence-corrected chi connectivity index (χ3v) is 6.58. The van der Waals surface area contributed by atoms with Crippen molar-refractivity contribution in [2.45, 2.75) is 12.3 Å². The number of aliphatic imine (C=N–C) groups is 1. The monoisotopic (exact) mass is 408 g/mol. The van der Waals surface area contributed by atoms with Gasteiger partial charge in [0.25, 0.3) is 5.91 Å². The number of hydrogen-bond donors (Lipinski definition) is 1. The molecule has 0 saturated heterocycles. The lowest BCUT2D eigenvalue weighted by Crippen LogP contribution is -2.23. The summed E-state index contributed by atoms with van der Waals surface area (Å²) in [6, 6.07) is 17.7. The van der Waals surface area contributed by atoms with E-state index in [2.05, 4.69) is 15.4 Å². The van der Waals surface area contributed by atoms with Crippen molar-refractivity contribution in [3.05, 3.63) is 83.7 Å². The molecule has 0 spiro atoms. The number of aromatic nitrogens is 2. The molecule has 0 unspecified atom stereocenters. The zero-order valence-electron chi connectivity index (χ0n) is 15.2. The molecule has 0 saturated carbocycles. The largest absolute Gasteiger partial charge is 0.348 e. The van der Waals surface area contributed by atoms with Crippen LogP contribution in [-0.2, 0) is 12.3 Å². The number of carbonyl (C=O) groups is 1. The van der Waals surface area contributed by atoms with E-state index in [-0.39, 0.29) is 5.91 Å². The minimum atomic E-state index is -0.0651. The molecule has 5 nitrogen and oxygen atoms in total. The van der Waals surface area contributed by atoms with E-state index in [0.29, 0.717) is 12.1 Å². The number of nitrogens with zero attached hydrogens (tertiary/aromatic N) is 3. The van der Waals surface area contributed by atoms with E-state index in [1.807, 2.05) is 65.5 Å². The maximum atomic E-state index is 12.7. The summed E-state index contributed by atoms with van der Waals surface area (Å²) in [6.07, 6.45) is 3.72. The summed E-state index contributed by atoms with van der Waals surface area (Å²) < 4.78 is 2.93. The van der Waals surface area contributed by atoms with E-state index in [9.17, 15) is 4.79 Å². The van der Waals surface area contributed by atoms with E-state index in [4.69, 9.17) is 0 Å². The Morgan fingerprint density at radius 1 is 1.14 bits per heavy atom. The highest BCUT2D eigenvalue weighted by Crippen LogP contribution is 2.26. The zero-order chi connectivity index (χ0) is 19.2. The van der Waals surface area contributed by atoms with Crippen LogP contribution in [0.2, 0.25) is 0 Å². The molecular weight excluding hydrogens is 388 g/mol. The molecule has 1 N–H and O–H groups in total. The van der Waals surface area contributed by atoms with Gasteiger partial charge in [-0.05, 0) is 23.8 Å². The Bertz CT molecular complexity index is 985. The number of benzene rings is 2. The smallest absolute Gasteiger partial charge is 0.251 e. The fourth-order valence-electron chi connectivity index (χ4n) is 2.86. The number of thioether (sulfide) groups is 2. The predicted octanol–water partition coefficient (Wildman–Crippen LogP) is 4.14. The van der Waals surface area contributed by atoms with Crippen molar-refractivity contribution in [2.24, 2.45) is 4.99 Å². The first-order valence-corrected chi connectivity index (χ1v) is 11.0. The average Bonchev–Trinajstić information content (AvgIpc) is 3.43. The second kappa shape index (κ2) is 9.12. The van der Waals surface area contributed by atoms with Gasteiger partial charge < -0.3 is 5.32 Å². The lowest BCUT2D eigenvalue weighted by Gasteiger charge is -2.09. The van der Waals surface area contributed by atoms with Crippen molar-refractivity contribution in [2.75, 3.05) is 12.3 Å². The molecule has 0 atom stereocenters. The van der Waals surface area contributed by atoms with Crippen molar-refractivity contribution < 1.29 is 4.79 Å². The van der Waals surface area contributed by atoms with Gasteiger partial charge in [0.15, 0.2) is 0 Å². The summed E-state index contributed by atoms with van der Waals surface area (Å²) in [7, 11) is 0. The normalized spacial score (nSPS) is 13.4. The fourth-order valence-corrected chi connectivity index (χ4v) is 4.87. The summed E-state index contributed by atoms with van der Waals surface area (Å²) in [5, 5.41) is 7.39. The summed E-state index contributed by atoms with van der Waals surface area (Å²) >= 11 is 3.49. The maximum absolute atomic E-state index is 12.7. The highest BCUT2D eigenvalue weighted by molar-refractivity contribution is 8.38. The Hall–Kier alpha value is -2.51. The Labute approximate surface area is 172 Å². The summed E-state index contributed by atoms with van der Waals surface area (Å²) in [4.78, 5) is 17.2. The van der Waals surface area contributed by atoms with Gasteiger partial charge in [-0.25, -0.2) is 4.68 Å². The van der Waals surface area contributed by atoms with Gasteiger partial charge in [0.1, 0.15) is 4.38 Å². The van der Waals surface area contributed by atoms with Crippen LogP contribution in [0.3, 0.4) is 0 Å². The van der Waals surface area contributed by atoms with Crippen molar-refractivity contribution in [3.8, 4) is 5.69 Å². The number of para-hydroxylation sites is 1. The number of rotatable bonds is 6. The molecule has 3 aromatic rings. The molecule has 7 heteroatoms. The fraction of sp³-hybridized carbons (Fsp3) is 0.190. The first kappa shape index (κ1) is 18.8. The van der Waals surface area contributed by atoms with Gasteiger partial charge in [-0.1, -0.05) is 59.9 Å². The number of carbonyl (C=O) groups excluding carboxylic acids is 1. The number of nitrogens with one attached hydrogen (secondary N) is 1. The van der Waals surface area contributed by atoms with Crippen LogP contribution in [0.15, 0.2) is 72.0 Å². The Balaban J connectivity index is 1.38. The average molecular weight is 409 g/mol. The quantitative estimate of drug-likeness (QED) is 0.666. The third kappa shape index (κ3) is 4.66. The summed E-state index contributed by atoms with van der Waals surface area (Å²) in [5.74, 6) is 1.74. The molecule has 2 aromatic carbocycles. The van der Waals surface area contributed by atoms with E-state index in [1.165, 1.54) is 0 Å². The van der Waals surface area contributed by atoms with Gasteiger partial charge in [0.2, 0.25) is 0 Å². The molecule has 1 aliphatic heterocycles. The second-order valence-corrected chi connectivity index (χ2v) is 8.56. The van der Waals surface area contributed by atoms with E-state index < -0.39 is 0 Å². The molecule has 0 bridgehead atoms. The van der Waals surface area contributed by atoms with Crippen molar-refractivity contribution in [1.29, 1.82) is 0 Å². The first-order valence-electron chi connectivity index (χ1n) is 9.05. The highest BCUT2D eigenvalue weighted by Gasteiger charge is 2.14. The van der Waals surface area contributed by atoms with E-state index in [1.54, 1.807) is 29.7 Å². The first-order chi connectivity index (χ1) is 13.8. The van der Waals surface area contributed by atoms with E-state index >= 15 is 0 Å². The van der Waals surface area contributed by atoms with Crippen LogP contribution in [0.4, 0.5) is 0 Å². The minimum Gasteiger partial charge on any atom is -0.348 e. The number of hydrogen-bond acceptors (Lipinski definition) is 5. The van der Waals surface area contributed by atoms with Crippen LogP contribution >= 0.6 is 23.5 Å². The third-order valence-electron chi connectivity index (χ3n) is 4.28. The molecular formula is C21H20N4OS2. The van der Waals surface area contributed by atoms with Gasteiger partial charge >= 0.3 is 0 Å². The van der Waals surface area contributed by atoms with Crippen molar-refractivity contribution in [3.63, 3.8) is 0 Å². The van der Waals surface area contributed by atoms with Gasteiger partial charge in [0, 0.05) is 35.4 Å². The maximum Gasteiger partial charge on any atom is 0.251 e. The molecule has 0 aliphatic carbocycles. The van der Waals surface area contributed by atoms with Crippen LogP contribution in [0.1, 0.15) is 21.5 Å². The molecule has 142 valence electrons. The van der Waals surface area contributed by atoms with Crippen LogP contribution in [-0.4, -0.2) is 32.4 Å². The molecule has 1 amide bonds. The topological polar surface area (TPSA) is 59.3 Å². The minimum absolute atomic E-state index is 0.0651. The number of amides is 1. The van der Waals surface area contributed by atoms with Crippen LogP contribution in [0.25, 0.3) is 5.69 Å². The summed E-state index contributed by atoms with van der Waals surface area (Å²) in [6.45, 7) is 1.33. The molecule has 4 rings (SSSR count). The SMILES string of the molecule is O=C(NCc1cnn(-c2ccccc2)c1)c1ccccc1CSC1=NCCS1. The van der Waals surface area contributed by atoms with Gasteiger partial charge in [-0.15, -0.1) is 0 Å². The Morgan fingerprint density at radius 3 is 2.79 bits per heavy atom. The van der Waals surface area contributed by atoms with Gasteiger partial charge in [0.05, 0.1) is 18.4 Å². The second-order valence-electron chi connectivity index (χ2n) is 6.25. The Morgan fingerprint density at radius 2 is 1.96 bits per heavy atom. The lowest BCUT2D eigenvalue weighted by atomic mass is 10.1. The molecule has 0 fully saturated rings. The van der Waals surface area contributed by atoms with Crippen LogP contribution < -0.4 is 5.32 Å². The molecule has 1 aromatic heterocycles. The van der Waals surface area contributed by atoms with Crippen molar-refractivity contribution >= 4 is 33.8 Å². The van der Waals surface area contributed by atoms with E-state index in [0.717, 1.165) is 39.2 Å².